The van der Waals surface area contributed by atoms with Crippen molar-refractivity contribution < 1.29 is 13.7 Å². The average Bonchev–Trinajstić information content (AvgIpc) is 3.15. The summed E-state index contributed by atoms with van der Waals surface area (Å²) >= 11 is 5.80. The van der Waals surface area contributed by atoms with E-state index in [4.69, 9.17) is 20.9 Å². The molecule has 2 heterocycles. The molecule has 1 saturated heterocycles. The molecule has 5 nitrogen and oxygen atoms in total. The standard InChI is InChI=1S/C18H15ClFN3O2/c19-15-11-13(3-6-16(15)20)18-21-17(22-25-18)12-1-4-14(5-2-12)23-7-9-24-10-8-23/h1-6,11H,7-10H2. The van der Waals surface area contributed by atoms with Crippen LogP contribution in [0.1, 0.15) is 0 Å². The summed E-state index contributed by atoms with van der Waals surface area (Å²) in [6.07, 6.45) is 0. The van der Waals surface area contributed by atoms with Crippen LogP contribution in [0.4, 0.5) is 10.1 Å². The van der Waals surface area contributed by atoms with Crippen LogP contribution >= 0.6 is 11.6 Å². The number of ether oxygens (including phenoxy) is 1. The van der Waals surface area contributed by atoms with Crippen LogP contribution in [0.2, 0.25) is 5.02 Å². The second kappa shape index (κ2) is 6.82. The lowest BCUT2D eigenvalue weighted by molar-refractivity contribution is 0.122. The third-order valence-electron chi connectivity index (χ3n) is 4.09. The zero-order chi connectivity index (χ0) is 17.2. The zero-order valence-corrected chi connectivity index (χ0v) is 14.0. The minimum absolute atomic E-state index is 0.0205. The van der Waals surface area contributed by atoms with E-state index in [1.807, 2.05) is 24.3 Å². The van der Waals surface area contributed by atoms with Gasteiger partial charge in [-0.1, -0.05) is 16.8 Å². The van der Waals surface area contributed by atoms with Gasteiger partial charge < -0.3 is 14.2 Å². The Kier molecular flexibility index (Phi) is 4.38. The van der Waals surface area contributed by atoms with E-state index in [1.165, 1.54) is 12.1 Å². The molecule has 0 bridgehead atoms. The van der Waals surface area contributed by atoms with Crippen LogP contribution in [0.15, 0.2) is 47.0 Å². The summed E-state index contributed by atoms with van der Waals surface area (Å²) in [7, 11) is 0. The maximum absolute atomic E-state index is 13.3. The fourth-order valence-electron chi connectivity index (χ4n) is 2.73. The Morgan fingerprint density at radius 2 is 1.72 bits per heavy atom. The van der Waals surface area contributed by atoms with Gasteiger partial charge in [-0.3, -0.25) is 0 Å². The highest BCUT2D eigenvalue weighted by Gasteiger charge is 2.14. The van der Waals surface area contributed by atoms with Crippen molar-refractivity contribution in [2.45, 2.75) is 0 Å². The number of benzene rings is 2. The van der Waals surface area contributed by atoms with Crippen molar-refractivity contribution in [1.29, 1.82) is 0 Å². The molecule has 25 heavy (non-hydrogen) atoms. The molecule has 0 saturated carbocycles. The topological polar surface area (TPSA) is 51.4 Å². The Hall–Kier alpha value is -2.44. The molecular weight excluding hydrogens is 345 g/mol. The van der Waals surface area contributed by atoms with E-state index in [1.54, 1.807) is 6.07 Å². The summed E-state index contributed by atoms with van der Waals surface area (Å²) < 4.78 is 23.9. The van der Waals surface area contributed by atoms with Gasteiger partial charge in [-0.2, -0.15) is 4.98 Å². The first kappa shape index (κ1) is 16.1. The second-order valence-corrected chi connectivity index (χ2v) is 6.11. The van der Waals surface area contributed by atoms with Crippen molar-refractivity contribution in [3.63, 3.8) is 0 Å². The first-order valence-electron chi connectivity index (χ1n) is 7.93. The van der Waals surface area contributed by atoms with Crippen molar-refractivity contribution in [1.82, 2.24) is 10.1 Å². The number of halogens is 2. The molecule has 0 radical (unpaired) electrons. The van der Waals surface area contributed by atoms with Crippen LogP contribution in [0.25, 0.3) is 22.8 Å². The summed E-state index contributed by atoms with van der Waals surface area (Å²) in [5.74, 6) is 0.294. The van der Waals surface area contributed by atoms with Crippen LogP contribution in [0, 0.1) is 5.82 Å². The van der Waals surface area contributed by atoms with Gasteiger partial charge in [-0.25, -0.2) is 4.39 Å². The molecule has 1 aliphatic heterocycles. The molecule has 0 spiro atoms. The summed E-state index contributed by atoms with van der Waals surface area (Å²) in [6.45, 7) is 3.26. The highest BCUT2D eigenvalue weighted by Crippen LogP contribution is 2.27. The monoisotopic (exact) mass is 359 g/mol. The van der Waals surface area contributed by atoms with Crippen LogP contribution in [-0.4, -0.2) is 36.4 Å². The molecule has 3 aromatic rings. The molecule has 128 valence electrons. The maximum atomic E-state index is 13.3. The van der Waals surface area contributed by atoms with Crippen molar-refractivity contribution >= 4 is 17.3 Å². The molecule has 0 amide bonds. The Morgan fingerprint density at radius 3 is 2.44 bits per heavy atom. The van der Waals surface area contributed by atoms with E-state index in [9.17, 15) is 4.39 Å². The zero-order valence-electron chi connectivity index (χ0n) is 13.3. The molecule has 1 aromatic heterocycles. The van der Waals surface area contributed by atoms with Gasteiger partial charge in [0.05, 0.1) is 18.2 Å². The molecule has 0 N–H and O–H groups in total. The van der Waals surface area contributed by atoms with Gasteiger partial charge in [-0.15, -0.1) is 0 Å². The highest BCUT2D eigenvalue weighted by atomic mass is 35.5. The second-order valence-electron chi connectivity index (χ2n) is 5.70. The van der Waals surface area contributed by atoms with Gasteiger partial charge in [0.1, 0.15) is 5.82 Å². The predicted molar refractivity (Wildman–Crippen MR) is 93.2 cm³/mol. The molecule has 1 aliphatic rings. The largest absolute Gasteiger partial charge is 0.378 e. The smallest absolute Gasteiger partial charge is 0.258 e. The summed E-state index contributed by atoms with van der Waals surface area (Å²) in [5, 5.41) is 4.02. The van der Waals surface area contributed by atoms with Gasteiger partial charge in [-0.05, 0) is 42.5 Å². The molecule has 7 heteroatoms. The van der Waals surface area contributed by atoms with Gasteiger partial charge in [0.25, 0.3) is 5.89 Å². The first-order valence-corrected chi connectivity index (χ1v) is 8.31. The number of aromatic nitrogens is 2. The fourth-order valence-corrected chi connectivity index (χ4v) is 2.91. The number of morpholine rings is 1. The van der Waals surface area contributed by atoms with E-state index < -0.39 is 5.82 Å². The number of nitrogens with zero attached hydrogens (tertiary/aromatic N) is 3. The van der Waals surface area contributed by atoms with Crippen molar-refractivity contribution in [3.8, 4) is 22.8 Å². The van der Waals surface area contributed by atoms with Crippen LogP contribution in [-0.2, 0) is 4.74 Å². The van der Waals surface area contributed by atoms with Crippen LogP contribution in [0.5, 0.6) is 0 Å². The van der Waals surface area contributed by atoms with Crippen molar-refractivity contribution in [2.75, 3.05) is 31.2 Å². The van der Waals surface area contributed by atoms with E-state index in [2.05, 4.69) is 15.0 Å². The maximum Gasteiger partial charge on any atom is 0.258 e. The van der Waals surface area contributed by atoms with Crippen molar-refractivity contribution in [3.05, 3.63) is 53.3 Å². The molecule has 0 atom stereocenters. The summed E-state index contributed by atoms with van der Waals surface area (Å²) in [4.78, 5) is 6.64. The first-order chi connectivity index (χ1) is 12.2. The summed E-state index contributed by atoms with van der Waals surface area (Å²) in [5.41, 5.74) is 2.57. The molecule has 4 rings (SSSR count). The lowest BCUT2D eigenvalue weighted by Crippen LogP contribution is -2.36. The van der Waals surface area contributed by atoms with Gasteiger partial charge in [0, 0.05) is 29.9 Å². The Balaban J connectivity index is 1.56. The Bertz CT molecular complexity index is 876. The van der Waals surface area contributed by atoms with E-state index in [0.717, 1.165) is 37.6 Å². The van der Waals surface area contributed by atoms with Gasteiger partial charge >= 0.3 is 0 Å². The minimum atomic E-state index is -0.483. The van der Waals surface area contributed by atoms with E-state index >= 15 is 0 Å². The highest BCUT2D eigenvalue weighted by molar-refractivity contribution is 6.31. The number of anilines is 1. The number of hydrogen-bond acceptors (Lipinski definition) is 5. The number of rotatable bonds is 3. The van der Waals surface area contributed by atoms with Gasteiger partial charge in [0.15, 0.2) is 0 Å². The average molecular weight is 360 g/mol. The predicted octanol–water partition coefficient (Wildman–Crippen LogP) is 4.03. The SMILES string of the molecule is Fc1ccc(-c2nc(-c3ccc(N4CCOCC4)cc3)no2)cc1Cl. The Morgan fingerprint density at radius 1 is 1.00 bits per heavy atom. The normalized spacial score (nSPS) is 14.7. The Labute approximate surface area is 149 Å². The fraction of sp³-hybridized carbons (Fsp3) is 0.222. The third-order valence-corrected chi connectivity index (χ3v) is 4.38. The van der Waals surface area contributed by atoms with Gasteiger partial charge in [0.2, 0.25) is 5.82 Å². The third kappa shape index (κ3) is 3.36. The lowest BCUT2D eigenvalue weighted by atomic mass is 10.1. The van der Waals surface area contributed by atoms with Crippen LogP contribution in [0.3, 0.4) is 0 Å². The molecule has 1 fully saturated rings. The van der Waals surface area contributed by atoms with E-state index in [-0.39, 0.29) is 5.02 Å². The molecular formula is C18H15ClFN3O2. The van der Waals surface area contributed by atoms with E-state index in [0.29, 0.717) is 17.3 Å². The molecule has 2 aromatic carbocycles. The minimum Gasteiger partial charge on any atom is -0.378 e. The molecule has 0 aliphatic carbocycles. The summed E-state index contributed by atoms with van der Waals surface area (Å²) in [6, 6.07) is 12.3. The van der Waals surface area contributed by atoms with Crippen molar-refractivity contribution in [2.24, 2.45) is 0 Å². The quantitative estimate of drug-likeness (QED) is 0.706. The molecule has 0 unspecified atom stereocenters. The number of hydrogen-bond donors (Lipinski definition) is 0. The van der Waals surface area contributed by atoms with Crippen LogP contribution < -0.4 is 4.90 Å². The lowest BCUT2D eigenvalue weighted by Gasteiger charge is -2.28.